The fourth-order valence-electron chi connectivity index (χ4n) is 8.78. The third-order valence-corrected chi connectivity index (χ3v) is 10.6. The van der Waals surface area contributed by atoms with E-state index < -0.39 is 35.5 Å². The number of hydrogen-bond donors (Lipinski definition) is 0. The van der Waals surface area contributed by atoms with Crippen molar-refractivity contribution in [1.82, 2.24) is 9.80 Å². The van der Waals surface area contributed by atoms with Gasteiger partial charge in [0.2, 0.25) is 5.91 Å². The van der Waals surface area contributed by atoms with Crippen molar-refractivity contribution >= 4 is 23.9 Å². The van der Waals surface area contributed by atoms with Gasteiger partial charge in [0, 0.05) is 39.1 Å². The number of rotatable bonds is 8. The minimum atomic E-state index is -4.83. The summed E-state index contributed by atoms with van der Waals surface area (Å²) in [5.41, 5.74) is 0.601. The monoisotopic (exact) mass is 654 g/mol. The first-order chi connectivity index (χ1) is 22.3. The molecule has 12 heteroatoms. The van der Waals surface area contributed by atoms with Crippen molar-refractivity contribution < 1.29 is 46.5 Å². The molecular formula is C35H37F3N2O7. The van der Waals surface area contributed by atoms with Crippen molar-refractivity contribution in [1.29, 1.82) is 0 Å². The van der Waals surface area contributed by atoms with Crippen molar-refractivity contribution in [3.63, 3.8) is 0 Å². The minimum absolute atomic E-state index is 0.0853. The van der Waals surface area contributed by atoms with Crippen LogP contribution in [-0.2, 0) is 31.0 Å². The van der Waals surface area contributed by atoms with Gasteiger partial charge < -0.3 is 23.8 Å². The summed E-state index contributed by atoms with van der Waals surface area (Å²) < 4.78 is 61.2. The highest BCUT2D eigenvalue weighted by atomic mass is 19.4. The van der Waals surface area contributed by atoms with E-state index in [-0.39, 0.29) is 23.7 Å². The molecule has 3 fully saturated rings. The van der Waals surface area contributed by atoms with E-state index in [4.69, 9.17) is 14.2 Å². The van der Waals surface area contributed by atoms with Gasteiger partial charge in [-0.25, -0.2) is 0 Å². The number of amides is 1. The van der Waals surface area contributed by atoms with E-state index in [1.54, 1.807) is 24.1 Å². The Labute approximate surface area is 270 Å². The number of likely N-dealkylation sites (N-methyl/N-ethyl adjacent to an activating group) is 1. The molecule has 0 N–H and O–H groups in total. The van der Waals surface area contributed by atoms with E-state index >= 15 is 0 Å². The first-order valence-electron chi connectivity index (χ1n) is 16.1. The van der Waals surface area contributed by atoms with Gasteiger partial charge in [0.15, 0.2) is 11.5 Å². The molecule has 1 amide bonds. The summed E-state index contributed by atoms with van der Waals surface area (Å²) in [4.78, 5) is 42.8. The van der Waals surface area contributed by atoms with Crippen LogP contribution in [0.5, 0.6) is 17.2 Å². The second-order valence-corrected chi connectivity index (χ2v) is 13.4. The van der Waals surface area contributed by atoms with Gasteiger partial charge >= 0.3 is 18.3 Å². The van der Waals surface area contributed by atoms with Crippen LogP contribution in [0.1, 0.15) is 62.6 Å². The third kappa shape index (κ3) is 5.34. The summed E-state index contributed by atoms with van der Waals surface area (Å²) in [5, 5.41) is 0. The maximum atomic E-state index is 13.7. The number of hydrogen-bond acceptors (Lipinski definition) is 8. The first kappa shape index (κ1) is 31.5. The standard InChI is InChI=1S/C35H37F3N2O7/c1-20(41)44-27-11-10-24-18-28-34(46-21(2)42)14-13-26(32-33(34,30(24)31(27)45-32)15-16-40(28)19-23-7-8-23)39(3)29(43)12-9-22-5-4-6-25(17-22)47-35(36,37)38/h4-6,9-12,17,23,26,28,32H,7-8,13-16,18-19H2,1-3H3/b12-9+/t26?,28-,32?,33+,34-/m1/s1. The number of alkyl halides is 3. The average molecular weight is 655 g/mol. The molecule has 1 saturated heterocycles. The molecule has 0 radical (unpaired) electrons. The molecule has 5 aliphatic rings. The van der Waals surface area contributed by atoms with Crippen LogP contribution in [0.3, 0.4) is 0 Å². The predicted molar refractivity (Wildman–Crippen MR) is 163 cm³/mol. The second-order valence-electron chi connectivity index (χ2n) is 13.4. The molecule has 3 aliphatic carbocycles. The lowest BCUT2D eigenvalue weighted by molar-refractivity contribution is -0.274. The molecular weight excluding hydrogens is 617 g/mol. The van der Waals surface area contributed by atoms with Crippen molar-refractivity contribution in [3.8, 4) is 17.2 Å². The van der Waals surface area contributed by atoms with Crippen LogP contribution in [0, 0.1) is 5.92 Å². The molecule has 9 nitrogen and oxygen atoms in total. The van der Waals surface area contributed by atoms with Gasteiger partial charge in [-0.2, -0.15) is 0 Å². The Morgan fingerprint density at radius 3 is 2.57 bits per heavy atom. The first-order valence-corrected chi connectivity index (χ1v) is 16.1. The van der Waals surface area contributed by atoms with Gasteiger partial charge in [0.25, 0.3) is 0 Å². The van der Waals surface area contributed by atoms with E-state index in [1.165, 1.54) is 57.0 Å². The third-order valence-electron chi connectivity index (χ3n) is 10.6. The van der Waals surface area contributed by atoms with Crippen molar-refractivity contribution in [2.75, 3.05) is 20.1 Å². The molecule has 2 heterocycles. The van der Waals surface area contributed by atoms with Gasteiger partial charge in [-0.1, -0.05) is 18.2 Å². The number of ether oxygens (including phenoxy) is 4. The Morgan fingerprint density at radius 1 is 1.09 bits per heavy atom. The Morgan fingerprint density at radius 2 is 1.87 bits per heavy atom. The SMILES string of the molecule is CC(=O)Oc1ccc2c3c1OC1C(N(C)C(=O)/C=C/c4cccc(OC(F)(F)F)c4)CC[C@@]4(OC(C)=O)[C@@H](C2)N(CC2CC2)CC[C@]314. The normalized spacial score (nSPS) is 29.1. The summed E-state index contributed by atoms with van der Waals surface area (Å²) in [6.07, 6.45) is 1.95. The number of likely N-dealkylation sites (tertiary alicyclic amines) is 1. The highest BCUT2D eigenvalue weighted by molar-refractivity contribution is 5.92. The highest BCUT2D eigenvalue weighted by Crippen LogP contribution is 2.67. The molecule has 7 rings (SSSR count). The minimum Gasteiger partial charge on any atom is -0.483 e. The number of esters is 2. The molecule has 2 aromatic carbocycles. The van der Waals surface area contributed by atoms with Crippen molar-refractivity contribution in [2.24, 2.45) is 5.92 Å². The Balaban J connectivity index is 1.26. The number of carbonyl (C=O) groups is 3. The van der Waals surface area contributed by atoms with E-state index in [9.17, 15) is 27.6 Å². The van der Waals surface area contributed by atoms with Crippen molar-refractivity contribution in [2.45, 2.75) is 87.9 Å². The molecule has 2 saturated carbocycles. The van der Waals surface area contributed by atoms with Crippen LogP contribution in [0.25, 0.3) is 6.08 Å². The zero-order valence-electron chi connectivity index (χ0n) is 26.5. The molecule has 2 aromatic rings. The Bertz CT molecular complexity index is 1660. The van der Waals surface area contributed by atoms with Gasteiger partial charge in [0.05, 0.1) is 17.5 Å². The maximum absolute atomic E-state index is 13.7. The number of benzene rings is 2. The summed E-state index contributed by atoms with van der Waals surface area (Å²) in [7, 11) is 1.68. The van der Waals surface area contributed by atoms with Crippen LogP contribution in [-0.4, -0.2) is 77.9 Å². The number of carbonyl (C=O) groups excluding carboxylic acids is 3. The summed E-state index contributed by atoms with van der Waals surface area (Å²) in [5.74, 6) is -0.239. The zero-order valence-corrected chi connectivity index (χ0v) is 26.5. The molecule has 1 spiro atoms. The summed E-state index contributed by atoms with van der Waals surface area (Å²) >= 11 is 0. The zero-order chi connectivity index (χ0) is 33.3. The Kier molecular flexibility index (Phi) is 7.57. The van der Waals surface area contributed by atoms with Crippen LogP contribution in [0.2, 0.25) is 0 Å². The number of halogens is 3. The van der Waals surface area contributed by atoms with Crippen LogP contribution < -0.4 is 14.2 Å². The average Bonchev–Trinajstić information content (AvgIpc) is 3.74. The molecule has 2 unspecified atom stereocenters. The molecule has 250 valence electrons. The summed E-state index contributed by atoms with van der Waals surface area (Å²) in [6, 6.07) is 8.59. The van der Waals surface area contributed by atoms with E-state index in [2.05, 4.69) is 9.64 Å². The van der Waals surface area contributed by atoms with Crippen LogP contribution in [0.4, 0.5) is 13.2 Å². The van der Waals surface area contributed by atoms with Gasteiger partial charge in [-0.3, -0.25) is 19.3 Å². The smallest absolute Gasteiger partial charge is 0.483 e. The van der Waals surface area contributed by atoms with E-state index in [1.807, 2.05) is 6.07 Å². The quantitative estimate of drug-likeness (QED) is 0.218. The molecule has 47 heavy (non-hydrogen) atoms. The lowest BCUT2D eigenvalue weighted by atomic mass is 9.48. The largest absolute Gasteiger partial charge is 0.573 e. The maximum Gasteiger partial charge on any atom is 0.573 e. The van der Waals surface area contributed by atoms with Gasteiger partial charge in [0.1, 0.15) is 17.5 Å². The summed E-state index contributed by atoms with van der Waals surface area (Å²) in [6.45, 7) is 4.46. The molecule has 2 aliphatic heterocycles. The van der Waals surface area contributed by atoms with Crippen LogP contribution >= 0.6 is 0 Å². The van der Waals surface area contributed by atoms with Gasteiger partial charge in [-0.05, 0) is 86.4 Å². The highest BCUT2D eigenvalue weighted by Gasteiger charge is 2.75. The Hall–Kier alpha value is -4.06. The van der Waals surface area contributed by atoms with E-state index in [0.717, 1.165) is 24.2 Å². The fraction of sp³-hybridized carbons (Fsp3) is 0.514. The second kappa shape index (κ2) is 11.3. The van der Waals surface area contributed by atoms with E-state index in [0.29, 0.717) is 48.7 Å². The lowest BCUT2D eigenvalue weighted by Crippen LogP contribution is -2.79. The topological polar surface area (TPSA) is 94.6 Å². The lowest BCUT2D eigenvalue weighted by Gasteiger charge is -2.65. The molecule has 5 atom stereocenters. The van der Waals surface area contributed by atoms with Gasteiger partial charge in [-0.15, -0.1) is 13.2 Å². The fourth-order valence-corrected chi connectivity index (χ4v) is 8.78. The molecule has 0 aromatic heterocycles. The number of nitrogens with zero attached hydrogens (tertiary/aromatic N) is 2. The van der Waals surface area contributed by atoms with Crippen LogP contribution in [0.15, 0.2) is 42.5 Å². The predicted octanol–water partition coefficient (Wildman–Crippen LogP) is 5.19. The number of piperidine rings is 1. The molecule has 2 bridgehead atoms. The van der Waals surface area contributed by atoms with Crippen molar-refractivity contribution in [3.05, 3.63) is 59.2 Å².